The first-order valence-electron chi connectivity index (χ1n) is 3.70. The standard InChI is InChI=1S/C8H7NO4S/c10-8(11)5-6-3-1-2-4-7(6)9-14(12)13/h1-4H,5H2,(H,10,11). The van der Waals surface area contributed by atoms with Crippen LogP contribution in [0.25, 0.3) is 0 Å². The lowest BCUT2D eigenvalue weighted by atomic mass is 10.1. The Morgan fingerprint density at radius 2 is 2.00 bits per heavy atom. The average Bonchev–Trinajstić information content (AvgIpc) is 2.06. The van der Waals surface area contributed by atoms with Crippen molar-refractivity contribution in [1.82, 2.24) is 0 Å². The smallest absolute Gasteiger partial charge is 0.316 e. The van der Waals surface area contributed by atoms with Gasteiger partial charge in [-0.3, -0.25) is 4.79 Å². The molecule has 0 saturated heterocycles. The van der Waals surface area contributed by atoms with Crippen LogP contribution in [0.2, 0.25) is 0 Å². The fraction of sp³-hybridized carbons (Fsp3) is 0.125. The van der Waals surface area contributed by atoms with E-state index in [1.807, 2.05) is 0 Å². The van der Waals surface area contributed by atoms with Crippen LogP contribution in [-0.2, 0) is 21.7 Å². The van der Waals surface area contributed by atoms with Gasteiger partial charge in [0.05, 0.1) is 12.1 Å². The quantitative estimate of drug-likeness (QED) is 0.812. The van der Waals surface area contributed by atoms with Gasteiger partial charge in [0.15, 0.2) is 0 Å². The van der Waals surface area contributed by atoms with Gasteiger partial charge in [-0.05, 0) is 11.6 Å². The van der Waals surface area contributed by atoms with Crippen molar-refractivity contribution in [1.29, 1.82) is 0 Å². The lowest BCUT2D eigenvalue weighted by Gasteiger charge is -1.98. The second-order valence-electron chi connectivity index (χ2n) is 2.51. The van der Waals surface area contributed by atoms with Gasteiger partial charge in [-0.25, -0.2) is 0 Å². The molecule has 0 heterocycles. The van der Waals surface area contributed by atoms with E-state index in [0.717, 1.165) is 0 Å². The lowest BCUT2D eigenvalue weighted by Crippen LogP contribution is -1.99. The predicted octanol–water partition coefficient (Wildman–Crippen LogP) is 1.01. The molecule has 0 bridgehead atoms. The summed E-state index contributed by atoms with van der Waals surface area (Å²) < 4.78 is 23.9. The number of aliphatic carboxylic acids is 1. The minimum absolute atomic E-state index is 0.170. The molecule has 0 spiro atoms. The molecule has 6 heteroatoms. The molecule has 1 rings (SSSR count). The van der Waals surface area contributed by atoms with Crippen LogP contribution in [-0.4, -0.2) is 19.5 Å². The number of hydrogen-bond donors (Lipinski definition) is 1. The summed E-state index contributed by atoms with van der Waals surface area (Å²) in [4.78, 5) is 10.4. The number of carbonyl (C=O) groups is 1. The largest absolute Gasteiger partial charge is 0.481 e. The fourth-order valence-corrected chi connectivity index (χ4v) is 1.33. The molecule has 74 valence electrons. The summed E-state index contributed by atoms with van der Waals surface area (Å²) in [5, 5.41) is 8.53. The Labute approximate surface area is 81.7 Å². The summed E-state index contributed by atoms with van der Waals surface area (Å²) in [6.45, 7) is 0. The highest BCUT2D eigenvalue weighted by Gasteiger charge is 2.05. The molecule has 0 amide bonds. The highest BCUT2D eigenvalue weighted by atomic mass is 32.2. The molecule has 14 heavy (non-hydrogen) atoms. The average molecular weight is 213 g/mol. The number of carboxylic acids is 1. The van der Waals surface area contributed by atoms with Crippen LogP contribution in [0, 0.1) is 0 Å². The van der Waals surface area contributed by atoms with Crippen molar-refractivity contribution in [3.8, 4) is 0 Å². The van der Waals surface area contributed by atoms with E-state index in [1.165, 1.54) is 12.1 Å². The number of nitrogens with zero attached hydrogens (tertiary/aromatic N) is 1. The molecular formula is C8H7NO4S. The summed E-state index contributed by atoms with van der Waals surface area (Å²) in [5.41, 5.74) is 0.549. The Balaban J connectivity index is 3.15. The normalized spacial score (nSPS) is 9.43. The van der Waals surface area contributed by atoms with E-state index in [1.54, 1.807) is 12.1 Å². The molecule has 0 atom stereocenters. The third kappa shape index (κ3) is 2.98. The molecule has 0 unspecified atom stereocenters. The third-order valence-corrected chi connectivity index (χ3v) is 1.85. The maximum atomic E-state index is 10.4. The number of benzene rings is 1. The van der Waals surface area contributed by atoms with Crippen molar-refractivity contribution in [2.45, 2.75) is 6.42 Å². The van der Waals surface area contributed by atoms with E-state index in [9.17, 15) is 13.2 Å². The zero-order chi connectivity index (χ0) is 10.6. The molecule has 5 nitrogen and oxygen atoms in total. The highest BCUT2D eigenvalue weighted by Crippen LogP contribution is 2.18. The monoisotopic (exact) mass is 213 g/mol. The van der Waals surface area contributed by atoms with Crippen LogP contribution in [0.3, 0.4) is 0 Å². The zero-order valence-electron chi connectivity index (χ0n) is 7.04. The van der Waals surface area contributed by atoms with Gasteiger partial charge in [0.1, 0.15) is 0 Å². The molecular weight excluding hydrogens is 206 g/mol. The number of rotatable bonds is 3. The second kappa shape index (κ2) is 4.52. The van der Waals surface area contributed by atoms with Gasteiger partial charge in [-0.2, -0.15) is 8.42 Å². The number of hydrogen-bond acceptors (Lipinski definition) is 4. The van der Waals surface area contributed by atoms with Crippen molar-refractivity contribution in [3.63, 3.8) is 0 Å². The molecule has 1 aromatic carbocycles. The van der Waals surface area contributed by atoms with Gasteiger partial charge < -0.3 is 5.11 Å². The number of carboxylic acid groups (broad SMARTS) is 1. The topological polar surface area (TPSA) is 83.8 Å². The zero-order valence-corrected chi connectivity index (χ0v) is 7.86. The fourth-order valence-electron chi connectivity index (χ4n) is 0.993. The van der Waals surface area contributed by atoms with Gasteiger partial charge in [-0.1, -0.05) is 18.2 Å². The molecule has 1 aromatic rings. The van der Waals surface area contributed by atoms with Crippen molar-refractivity contribution < 1.29 is 18.3 Å². The van der Waals surface area contributed by atoms with Gasteiger partial charge in [0.25, 0.3) is 0 Å². The first-order valence-corrected chi connectivity index (χ1v) is 4.73. The van der Waals surface area contributed by atoms with Crippen LogP contribution in [0.1, 0.15) is 5.56 Å². The summed E-state index contributed by atoms with van der Waals surface area (Å²) >= 11 is 0. The van der Waals surface area contributed by atoms with Crippen LogP contribution in [0.4, 0.5) is 5.69 Å². The van der Waals surface area contributed by atoms with Gasteiger partial charge in [-0.15, -0.1) is 4.36 Å². The van der Waals surface area contributed by atoms with Crippen LogP contribution >= 0.6 is 0 Å². The maximum absolute atomic E-state index is 10.4. The summed E-state index contributed by atoms with van der Waals surface area (Å²) in [6, 6.07) is 6.20. The Hall–Kier alpha value is -1.69. The summed E-state index contributed by atoms with van der Waals surface area (Å²) in [7, 11) is -2.56. The van der Waals surface area contributed by atoms with Crippen LogP contribution in [0.15, 0.2) is 28.6 Å². The van der Waals surface area contributed by atoms with E-state index in [2.05, 4.69) is 4.36 Å². The first-order chi connectivity index (χ1) is 6.59. The Morgan fingerprint density at radius 3 is 2.57 bits per heavy atom. The predicted molar refractivity (Wildman–Crippen MR) is 48.8 cm³/mol. The minimum atomic E-state index is -2.56. The second-order valence-corrected chi connectivity index (χ2v) is 3.12. The van der Waals surface area contributed by atoms with E-state index in [-0.39, 0.29) is 12.1 Å². The van der Waals surface area contributed by atoms with Gasteiger partial charge in [0, 0.05) is 0 Å². The van der Waals surface area contributed by atoms with E-state index >= 15 is 0 Å². The van der Waals surface area contributed by atoms with Crippen molar-refractivity contribution in [2.75, 3.05) is 0 Å². The minimum Gasteiger partial charge on any atom is -0.481 e. The molecule has 0 saturated carbocycles. The van der Waals surface area contributed by atoms with Crippen LogP contribution < -0.4 is 0 Å². The Bertz CT molecular complexity index is 470. The molecule has 0 aliphatic rings. The Kier molecular flexibility index (Phi) is 3.35. The van der Waals surface area contributed by atoms with Gasteiger partial charge >= 0.3 is 16.5 Å². The van der Waals surface area contributed by atoms with Gasteiger partial charge in [0.2, 0.25) is 0 Å². The molecule has 0 fully saturated rings. The SMILES string of the molecule is O=C(O)Cc1ccccc1N=S(=O)=O. The van der Waals surface area contributed by atoms with E-state index in [4.69, 9.17) is 5.11 Å². The van der Waals surface area contributed by atoms with E-state index < -0.39 is 16.5 Å². The first kappa shape index (κ1) is 10.4. The van der Waals surface area contributed by atoms with Crippen molar-refractivity contribution in [3.05, 3.63) is 29.8 Å². The van der Waals surface area contributed by atoms with Crippen LogP contribution in [0.5, 0.6) is 0 Å². The highest BCUT2D eigenvalue weighted by molar-refractivity contribution is 7.61. The molecule has 0 aliphatic carbocycles. The molecule has 0 radical (unpaired) electrons. The van der Waals surface area contributed by atoms with E-state index in [0.29, 0.717) is 5.56 Å². The lowest BCUT2D eigenvalue weighted by molar-refractivity contribution is -0.136. The Morgan fingerprint density at radius 1 is 1.36 bits per heavy atom. The van der Waals surface area contributed by atoms with Crippen molar-refractivity contribution >= 4 is 22.2 Å². The van der Waals surface area contributed by atoms with Crippen molar-refractivity contribution in [2.24, 2.45) is 4.36 Å². The molecule has 0 aromatic heterocycles. The summed E-state index contributed by atoms with van der Waals surface area (Å²) in [6.07, 6.45) is -0.239. The summed E-state index contributed by atoms with van der Waals surface area (Å²) in [5.74, 6) is -1.02. The molecule has 0 aliphatic heterocycles. The molecule has 1 N–H and O–H groups in total. The third-order valence-electron chi connectivity index (χ3n) is 1.51. The maximum Gasteiger partial charge on any atom is 0.316 e.